The Bertz CT molecular complexity index is 1100. The lowest BCUT2D eigenvalue weighted by Crippen LogP contribution is -2.18. The van der Waals surface area contributed by atoms with Crippen LogP contribution in [-0.2, 0) is 26.1 Å². The summed E-state index contributed by atoms with van der Waals surface area (Å²) < 4.78 is 0. The van der Waals surface area contributed by atoms with Gasteiger partial charge in [-0.1, -0.05) is 24.3 Å². The van der Waals surface area contributed by atoms with Crippen molar-refractivity contribution in [2.45, 2.75) is 26.1 Å². The van der Waals surface area contributed by atoms with Crippen molar-refractivity contribution in [2.75, 3.05) is 6.54 Å². The van der Waals surface area contributed by atoms with E-state index in [9.17, 15) is 0 Å². The Labute approximate surface area is 181 Å². The predicted molar refractivity (Wildman–Crippen MR) is 121 cm³/mol. The fraction of sp³-hybridized carbons (Fsp3) is 0.200. The molecule has 0 spiro atoms. The van der Waals surface area contributed by atoms with Crippen LogP contribution in [0.15, 0.2) is 72.8 Å². The highest BCUT2D eigenvalue weighted by atomic mass is 14.9. The number of pyridine rings is 4. The second-order valence-corrected chi connectivity index (χ2v) is 7.59. The molecule has 0 radical (unpaired) electrons. The zero-order chi connectivity index (χ0) is 20.9. The smallest absolute Gasteiger partial charge is 0.0890 e. The largest absolute Gasteiger partial charge is 0.311 e. The second kappa shape index (κ2) is 9.12. The second-order valence-electron chi connectivity index (χ2n) is 7.59. The van der Waals surface area contributed by atoms with Crippen LogP contribution in [0.1, 0.15) is 22.8 Å². The first kappa shape index (κ1) is 19.5. The summed E-state index contributed by atoms with van der Waals surface area (Å²) in [7, 11) is 0. The standard InChI is InChI=1S/C25H24N6/c1-5-18-13-14-26-15-19-6-2-11-24(29-19)25-12-4-8-21(31-25)17-27-16-20-7-3-10-23(30-20)22(9-1)28-18/h1-12,26-27H,13-17H2. The number of hydrogen-bond acceptors (Lipinski definition) is 6. The predicted octanol–water partition coefficient (Wildman–Crippen LogP) is 3.54. The van der Waals surface area contributed by atoms with Crippen molar-refractivity contribution in [3.63, 3.8) is 0 Å². The summed E-state index contributed by atoms with van der Waals surface area (Å²) in [6, 6.07) is 24.4. The first-order chi connectivity index (χ1) is 15.3. The number of nitrogens with one attached hydrogen (secondary N) is 2. The average Bonchev–Trinajstić information content (AvgIpc) is 2.82. The van der Waals surface area contributed by atoms with Crippen LogP contribution in [0.2, 0.25) is 0 Å². The molecule has 0 aliphatic carbocycles. The zero-order valence-corrected chi connectivity index (χ0v) is 17.3. The number of nitrogens with zero attached hydrogens (tertiary/aromatic N) is 4. The summed E-state index contributed by atoms with van der Waals surface area (Å²) in [6.07, 6.45) is 0.846. The molecule has 0 fully saturated rings. The maximum atomic E-state index is 4.82. The number of rotatable bonds is 0. The van der Waals surface area contributed by atoms with Gasteiger partial charge < -0.3 is 10.6 Å². The van der Waals surface area contributed by atoms with Gasteiger partial charge in [-0.15, -0.1) is 0 Å². The lowest BCUT2D eigenvalue weighted by molar-refractivity contribution is 0.668. The van der Waals surface area contributed by atoms with Crippen LogP contribution < -0.4 is 10.6 Å². The van der Waals surface area contributed by atoms with Crippen molar-refractivity contribution >= 4 is 0 Å². The summed E-state index contributed by atoms with van der Waals surface area (Å²) in [4.78, 5) is 19.2. The Kier molecular flexibility index (Phi) is 5.73. The Morgan fingerprint density at radius 3 is 1.32 bits per heavy atom. The zero-order valence-electron chi connectivity index (χ0n) is 17.3. The molecule has 0 saturated carbocycles. The summed E-state index contributed by atoms with van der Waals surface area (Å²) >= 11 is 0. The summed E-state index contributed by atoms with van der Waals surface area (Å²) in [5.74, 6) is 0. The van der Waals surface area contributed by atoms with Crippen molar-refractivity contribution < 1.29 is 0 Å². The molecular formula is C25H24N6. The van der Waals surface area contributed by atoms with E-state index in [1.165, 1.54) is 0 Å². The van der Waals surface area contributed by atoms with E-state index in [0.29, 0.717) is 19.6 Å². The Morgan fingerprint density at radius 2 is 0.839 bits per heavy atom. The van der Waals surface area contributed by atoms with Crippen LogP contribution in [0.3, 0.4) is 0 Å². The molecule has 4 aromatic rings. The van der Waals surface area contributed by atoms with Gasteiger partial charge in [-0.05, 0) is 48.5 Å². The molecule has 31 heavy (non-hydrogen) atoms. The van der Waals surface area contributed by atoms with Gasteiger partial charge in [0.25, 0.3) is 0 Å². The first-order valence-corrected chi connectivity index (χ1v) is 10.6. The molecule has 5 rings (SSSR count). The summed E-state index contributed by atoms with van der Waals surface area (Å²) in [5.41, 5.74) is 7.59. The number of fused-ring (bicyclic) bond motifs is 10. The minimum atomic E-state index is 0.661. The van der Waals surface area contributed by atoms with Gasteiger partial charge in [-0.2, -0.15) is 0 Å². The van der Waals surface area contributed by atoms with E-state index in [-0.39, 0.29) is 0 Å². The molecule has 1 aliphatic rings. The Balaban J connectivity index is 1.46. The third-order valence-electron chi connectivity index (χ3n) is 5.23. The highest BCUT2D eigenvalue weighted by Gasteiger charge is 2.07. The fourth-order valence-corrected chi connectivity index (χ4v) is 3.68. The third-order valence-corrected chi connectivity index (χ3v) is 5.23. The summed E-state index contributed by atoms with van der Waals surface area (Å²) in [6.45, 7) is 2.86. The highest BCUT2D eigenvalue weighted by molar-refractivity contribution is 5.55. The van der Waals surface area contributed by atoms with E-state index in [4.69, 9.17) is 19.9 Å². The molecule has 0 atom stereocenters. The van der Waals surface area contributed by atoms with Crippen molar-refractivity contribution in [1.29, 1.82) is 0 Å². The van der Waals surface area contributed by atoms with Crippen molar-refractivity contribution in [2.24, 2.45) is 0 Å². The molecule has 0 unspecified atom stereocenters. The van der Waals surface area contributed by atoms with Crippen LogP contribution >= 0.6 is 0 Å². The van der Waals surface area contributed by atoms with Gasteiger partial charge in [0.2, 0.25) is 0 Å². The molecule has 4 aromatic heterocycles. The first-order valence-electron chi connectivity index (χ1n) is 10.6. The third kappa shape index (κ3) is 4.82. The van der Waals surface area contributed by atoms with Crippen molar-refractivity contribution in [3.05, 3.63) is 95.6 Å². The molecule has 0 aromatic carbocycles. The van der Waals surface area contributed by atoms with Crippen LogP contribution in [0.25, 0.3) is 22.8 Å². The van der Waals surface area contributed by atoms with Crippen LogP contribution in [0.5, 0.6) is 0 Å². The minimum absolute atomic E-state index is 0.661. The van der Waals surface area contributed by atoms with Gasteiger partial charge in [0.15, 0.2) is 0 Å². The van der Waals surface area contributed by atoms with Crippen molar-refractivity contribution in [1.82, 2.24) is 30.6 Å². The maximum absolute atomic E-state index is 4.82. The van der Waals surface area contributed by atoms with Crippen molar-refractivity contribution in [3.8, 4) is 22.8 Å². The molecule has 8 bridgehead atoms. The molecular weight excluding hydrogens is 384 g/mol. The number of aromatic nitrogens is 4. The van der Waals surface area contributed by atoms with Crippen LogP contribution in [0, 0.1) is 0 Å². The van der Waals surface area contributed by atoms with Gasteiger partial charge >= 0.3 is 0 Å². The van der Waals surface area contributed by atoms with Gasteiger partial charge in [0, 0.05) is 38.3 Å². The molecule has 2 N–H and O–H groups in total. The van der Waals surface area contributed by atoms with Crippen LogP contribution in [0.4, 0.5) is 0 Å². The van der Waals surface area contributed by atoms with E-state index >= 15 is 0 Å². The molecule has 154 valence electrons. The lowest BCUT2D eigenvalue weighted by Gasteiger charge is -2.08. The van der Waals surface area contributed by atoms with Gasteiger partial charge in [-0.3, -0.25) is 4.98 Å². The minimum Gasteiger partial charge on any atom is -0.311 e. The number of hydrogen-bond donors (Lipinski definition) is 2. The molecule has 6 nitrogen and oxygen atoms in total. The van der Waals surface area contributed by atoms with Gasteiger partial charge in [0.1, 0.15) is 0 Å². The monoisotopic (exact) mass is 408 g/mol. The molecule has 6 heteroatoms. The van der Waals surface area contributed by atoms with Gasteiger partial charge in [0.05, 0.1) is 39.9 Å². The lowest BCUT2D eigenvalue weighted by atomic mass is 10.2. The summed E-state index contributed by atoms with van der Waals surface area (Å²) in [5, 5.41) is 6.94. The van der Waals surface area contributed by atoms with E-state index in [2.05, 4.69) is 22.8 Å². The van der Waals surface area contributed by atoms with E-state index in [1.54, 1.807) is 0 Å². The topological polar surface area (TPSA) is 75.6 Å². The van der Waals surface area contributed by atoms with Crippen LogP contribution in [-0.4, -0.2) is 26.5 Å². The SMILES string of the molecule is c1cc2nc(c1)-c1cccc(n1)CNCc1cccc(n1)-c1cccc(n1)CNCC2. The van der Waals surface area contributed by atoms with E-state index in [1.807, 2.05) is 60.7 Å². The molecule has 5 heterocycles. The fourth-order valence-electron chi connectivity index (χ4n) is 3.68. The normalized spacial score (nSPS) is 14.2. The maximum Gasteiger partial charge on any atom is 0.0890 e. The Morgan fingerprint density at radius 1 is 0.452 bits per heavy atom. The average molecular weight is 409 g/mol. The quantitative estimate of drug-likeness (QED) is 0.464. The van der Waals surface area contributed by atoms with E-state index in [0.717, 1.165) is 58.5 Å². The molecule has 1 aliphatic heterocycles. The highest BCUT2D eigenvalue weighted by Crippen LogP contribution is 2.17. The van der Waals surface area contributed by atoms with E-state index < -0.39 is 0 Å². The van der Waals surface area contributed by atoms with Gasteiger partial charge in [-0.25, -0.2) is 15.0 Å². The Hall–Kier alpha value is -3.48. The molecule has 0 saturated heterocycles. The molecule has 0 amide bonds.